The molecule has 0 aliphatic carbocycles. The van der Waals surface area contributed by atoms with Crippen molar-refractivity contribution in [2.45, 2.75) is 0 Å². The summed E-state index contributed by atoms with van der Waals surface area (Å²) in [5.41, 5.74) is 1.93. The molecule has 0 saturated carbocycles. The lowest BCUT2D eigenvalue weighted by molar-refractivity contribution is 0.494. The van der Waals surface area contributed by atoms with Crippen LogP contribution in [-0.4, -0.2) is 13.0 Å². The van der Waals surface area contributed by atoms with Crippen LogP contribution in [0.4, 0.5) is 0 Å². The third kappa shape index (κ3) is 6.92. The normalized spacial score (nSPS) is 8.89. The van der Waals surface area contributed by atoms with E-state index in [2.05, 4.69) is 0 Å². The largest absolute Gasteiger partial charge is 0.295 e. The summed E-state index contributed by atoms with van der Waals surface area (Å²) in [6.45, 7) is 0. The highest BCUT2D eigenvalue weighted by Gasteiger charge is 1.90. The molecule has 5 heteroatoms. The van der Waals surface area contributed by atoms with Gasteiger partial charge < -0.3 is 0 Å². The molecule has 0 aliphatic heterocycles. The number of rotatable bonds is 1. The van der Waals surface area contributed by atoms with Crippen molar-refractivity contribution in [2.75, 3.05) is 0 Å². The van der Waals surface area contributed by atoms with Gasteiger partial charge in [-0.2, -0.15) is 13.7 Å². The molecular formula is C4H3NO3S. The molecule has 0 saturated heterocycles. The van der Waals surface area contributed by atoms with E-state index in [9.17, 15) is 8.42 Å². The summed E-state index contributed by atoms with van der Waals surface area (Å²) in [4.78, 5) is 0. The molecule has 0 aromatic rings. The monoisotopic (exact) mass is 145 g/mol. The summed E-state index contributed by atoms with van der Waals surface area (Å²) in [7, 11) is -4.11. The Bertz CT molecular complexity index is 275. The van der Waals surface area contributed by atoms with E-state index in [1.165, 1.54) is 6.07 Å². The number of hydrogen-bond donors (Lipinski definition) is 1. The minimum atomic E-state index is -4.11. The zero-order chi connectivity index (χ0) is 7.33. The van der Waals surface area contributed by atoms with Crippen molar-refractivity contribution in [1.29, 1.82) is 5.26 Å². The Morgan fingerprint density at radius 1 is 1.56 bits per heavy atom. The van der Waals surface area contributed by atoms with Crippen LogP contribution in [0.3, 0.4) is 0 Å². The van der Waals surface area contributed by atoms with Crippen molar-refractivity contribution in [3.8, 4) is 6.07 Å². The van der Waals surface area contributed by atoms with E-state index in [4.69, 9.17) is 9.81 Å². The molecule has 0 aromatic carbocycles. The third-order valence-electron chi connectivity index (χ3n) is 0.365. The molecule has 0 atom stereocenters. The molecule has 0 radical (unpaired) electrons. The lowest BCUT2D eigenvalue weighted by Gasteiger charge is -1.74. The van der Waals surface area contributed by atoms with Gasteiger partial charge in [-0.05, 0) is 0 Å². The van der Waals surface area contributed by atoms with Gasteiger partial charge in [0.15, 0.2) is 0 Å². The first-order chi connectivity index (χ1) is 4.06. The minimum Gasteiger partial charge on any atom is -0.282 e. The van der Waals surface area contributed by atoms with Crippen molar-refractivity contribution in [1.82, 2.24) is 0 Å². The van der Waals surface area contributed by atoms with Gasteiger partial charge in [-0.1, -0.05) is 5.73 Å². The summed E-state index contributed by atoms with van der Waals surface area (Å²) in [5.74, 6) is 0. The van der Waals surface area contributed by atoms with Crippen LogP contribution in [-0.2, 0) is 10.1 Å². The summed E-state index contributed by atoms with van der Waals surface area (Å²) < 4.78 is 27.6. The highest BCUT2D eigenvalue weighted by molar-refractivity contribution is 7.88. The van der Waals surface area contributed by atoms with Crippen LogP contribution in [0.15, 0.2) is 17.2 Å². The second kappa shape index (κ2) is 3.05. The summed E-state index contributed by atoms with van der Waals surface area (Å²) in [5, 5.41) is 8.20. The fourth-order valence-electron chi connectivity index (χ4n) is 0.157. The Morgan fingerprint density at radius 3 is 2.44 bits per heavy atom. The second-order valence-corrected chi connectivity index (χ2v) is 2.34. The van der Waals surface area contributed by atoms with E-state index in [1.807, 2.05) is 5.73 Å². The van der Waals surface area contributed by atoms with Gasteiger partial charge in [0.2, 0.25) is 0 Å². The molecule has 0 fully saturated rings. The lowest BCUT2D eigenvalue weighted by Crippen LogP contribution is -1.87. The van der Waals surface area contributed by atoms with Crippen LogP contribution in [0, 0.1) is 11.3 Å². The number of nitriles is 1. The molecule has 0 aliphatic rings. The van der Waals surface area contributed by atoms with Gasteiger partial charge in [0.25, 0.3) is 10.1 Å². The van der Waals surface area contributed by atoms with Crippen molar-refractivity contribution < 1.29 is 13.0 Å². The van der Waals surface area contributed by atoms with E-state index in [0.29, 0.717) is 5.41 Å². The van der Waals surface area contributed by atoms with Crippen LogP contribution in [0.5, 0.6) is 0 Å². The summed E-state index contributed by atoms with van der Waals surface area (Å²) in [6.07, 6.45) is 0.813. The van der Waals surface area contributed by atoms with E-state index in [1.54, 1.807) is 0 Å². The van der Waals surface area contributed by atoms with Crippen LogP contribution in [0.1, 0.15) is 0 Å². The van der Waals surface area contributed by atoms with Crippen molar-refractivity contribution in [3.63, 3.8) is 0 Å². The maximum absolute atomic E-state index is 9.81. The van der Waals surface area contributed by atoms with Crippen molar-refractivity contribution >= 4 is 10.1 Å². The van der Waals surface area contributed by atoms with Crippen molar-refractivity contribution in [2.24, 2.45) is 0 Å². The second-order valence-electron chi connectivity index (χ2n) is 1.07. The maximum Gasteiger partial charge on any atom is 0.295 e. The average Bonchev–Trinajstić information content (AvgIpc) is 1.63. The summed E-state index contributed by atoms with van der Waals surface area (Å²) >= 11 is 0. The molecule has 0 spiro atoms. The quantitative estimate of drug-likeness (QED) is 0.321. The molecule has 4 nitrogen and oxygen atoms in total. The number of allylic oxidation sites excluding steroid dienone is 1. The highest BCUT2D eigenvalue weighted by Crippen LogP contribution is 1.79. The molecule has 9 heavy (non-hydrogen) atoms. The smallest absolute Gasteiger partial charge is 0.282 e. The van der Waals surface area contributed by atoms with E-state index < -0.39 is 10.1 Å². The molecule has 48 valence electrons. The fourth-order valence-corrected chi connectivity index (χ4v) is 0.397. The first kappa shape index (κ1) is 7.92. The molecule has 0 aromatic heterocycles. The van der Waals surface area contributed by atoms with Crippen LogP contribution >= 0.6 is 0 Å². The van der Waals surface area contributed by atoms with Crippen LogP contribution in [0.2, 0.25) is 0 Å². The van der Waals surface area contributed by atoms with Gasteiger partial charge >= 0.3 is 0 Å². The zero-order valence-electron chi connectivity index (χ0n) is 4.27. The van der Waals surface area contributed by atoms with Crippen LogP contribution in [0.25, 0.3) is 0 Å². The van der Waals surface area contributed by atoms with E-state index in [-0.39, 0.29) is 0 Å². The zero-order valence-corrected chi connectivity index (χ0v) is 5.09. The Morgan fingerprint density at radius 2 is 2.11 bits per heavy atom. The third-order valence-corrected chi connectivity index (χ3v) is 0.799. The van der Waals surface area contributed by atoms with Gasteiger partial charge in [-0.15, -0.1) is 0 Å². The predicted molar refractivity (Wildman–Crippen MR) is 29.8 cm³/mol. The number of nitrogens with zero attached hydrogens (tertiary/aromatic N) is 1. The van der Waals surface area contributed by atoms with E-state index >= 15 is 0 Å². The molecular weight excluding hydrogens is 142 g/mol. The first-order valence-electron chi connectivity index (χ1n) is 1.84. The van der Waals surface area contributed by atoms with Gasteiger partial charge in [0.05, 0.1) is 12.1 Å². The van der Waals surface area contributed by atoms with Gasteiger partial charge in [0.1, 0.15) is 5.41 Å². The average molecular weight is 145 g/mol. The molecule has 0 amide bonds. The highest BCUT2D eigenvalue weighted by atomic mass is 32.2. The van der Waals surface area contributed by atoms with Gasteiger partial charge in [0, 0.05) is 0 Å². The molecule has 0 heterocycles. The molecule has 0 rings (SSSR count). The lowest BCUT2D eigenvalue weighted by atomic mass is 10.7. The van der Waals surface area contributed by atoms with Crippen LogP contribution < -0.4 is 0 Å². The predicted octanol–water partition coefficient (Wildman–Crippen LogP) is 0.0666. The first-order valence-corrected chi connectivity index (χ1v) is 3.34. The molecule has 0 bridgehead atoms. The van der Waals surface area contributed by atoms with Gasteiger partial charge in [-0.3, -0.25) is 4.55 Å². The molecule has 0 unspecified atom stereocenters. The summed E-state index contributed by atoms with van der Waals surface area (Å²) in [6, 6.07) is 1.50. The molecule has 1 N–H and O–H groups in total. The Balaban J connectivity index is 4.43. The Kier molecular flexibility index (Phi) is 2.68. The van der Waals surface area contributed by atoms with Gasteiger partial charge in [-0.25, -0.2) is 0 Å². The minimum absolute atomic E-state index is 0.399. The van der Waals surface area contributed by atoms with E-state index in [0.717, 1.165) is 6.08 Å². The topological polar surface area (TPSA) is 78.2 Å². The Hall–Kier alpha value is -1.08. The fraction of sp³-hybridized carbons (Fsp3) is 0. The Labute approximate surface area is 52.5 Å². The SMILES string of the molecule is N#CC=C=CS(=O)(=O)O. The number of hydrogen-bond acceptors (Lipinski definition) is 3. The van der Waals surface area contributed by atoms with Crippen molar-refractivity contribution in [3.05, 3.63) is 17.2 Å². The maximum atomic E-state index is 9.81. The standard InChI is InChI=1S/C4H3NO3S/c5-3-1-2-4-9(6,7)8/h1,4H,(H,6,7,8).